The predicted molar refractivity (Wildman–Crippen MR) is 209 cm³/mol. The van der Waals surface area contributed by atoms with Crippen LogP contribution < -0.4 is 0 Å². The predicted octanol–water partition coefficient (Wildman–Crippen LogP) is 13.0. The van der Waals surface area contributed by atoms with E-state index in [2.05, 4.69) is 129 Å². The van der Waals surface area contributed by atoms with Crippen LogP contribution >= 0.6 is 11.8 Å². The quantitative estimate of drug-likeness (QED) is 0.168. The molecule has 10 rings (SSSR count). The summed E-state index contributed by atoms with van der Waals surface area (Å²) in [5.74, 6) is -0.281. The fourth-order valence-electron chi connectivity index (χ4n) is 9.65. The van der Waals surface area contributed by atoms with Gasteiger partial charge in [-0.2, -0.15) is 0 Å². The largest absolute Gasteiger partial charge is 0.226 e. The molecule has 5 aromatic carbocycles. The smallest absolute Gasteiger partial charge is 0.205 e. The first kappa shape index (κ1) is 30.8. The van der Waals surface area contributed by atoms with E-state index >= 15 is 8.78 Å². The van der Waals surface area contributed by atoms with Crippen molar-refractivity contribution in [3.63, 3.8) is 0 Å². The highest BCUT2D eigenvalue weighted by molar-refractivity contribution is 7.99. The lowest BCUT2D eigenvalue weighted by molar-refractivity contribution is 0.242. The second kappa shape index (κ2) is 11.5. The van der Waals surface area contributed by atoms with E-state index in [1.807, 2.05) is 17.8 Å². The summed E-state index contributed by atoms with van der Waals surface area (Å²) >= 11 is 1.95. The van der Waals surface area contributed by atoms with Crippen molar-refractivity contribution in [1.29, 1.82) is 0 Å². The number of allylic oxidation sites excluding steroid dienone is 8. The van der Waals surface area contributed by atoms with Gasteiger partial charge in [0.05, 0.1) is 5.25 Å². The summed E-state index contributed by atoms with van der Waals surface area (Å²) in [5, 5.41) is 0.0566. The normalized spacial score (nSPS) is 22.0. The summed E-state index contributed by atoms with van der Waals surface area (Å²) in [5.41, 5.74) is 15.6. The molecule has 0 radical (unpaired) electrons. The molecule has 0 saturated heterocycles. The molecule has 0 heterocycles. The topological polar surface area (TPSA) is 0 Å². The molecular formula is C48H36F2S. The molecule has 0 nitrogen and oxygen atoms in total. The Bertz CT molecular complexity index is 2430. The zero-order chi connectivity index (χ0) is 34.4. The van der Waals surface area contributed by atoms with Crippen LogP contribution in [-0.4, -0.2) is 5.75 Å². The fraction of sp³-hybridized carbons (Fsp3) is 0.167. The van der Waals surface area contributed by atoms with Crippen molar-refractivity contribution >= 4 is 17.8 Å². The van der Waals surface area contributed by atoms with Gasteiger partial charge in [-0.1, -0.05) is 122 Å². The van der Waals surface area contributed by atoms with Gasteiger partial charge in [0, 0.05) is 17.4 Å². The Morgan fingerprint density at radius 2 is 1.35 bits per heavy atom. The number of rotatable bonds is 6. The van der Waals surface area contributed by atoms with E-state index in [0.29, 0.717) is 5.56 Å². The monoisotopic (exact) mass is 682 g/mol. The summed E-state index contributed by atoms with van der Waals surface area (Å²) in [7, 11) is 0. The molecular weight excluding hydrogens is 647 g/mol. The second-order valence-corrected chi connectivity index (χ2v) is 15.6. The molecule has 5 aliphatic carbocycles. The lowest BCUT2D eigenvalue weighted by Gasteiger charge is -2.34. The highest BCUT2D eigenvalue weighted by Gasteiger charge is 2.48. The second-order valence-electron chi connectivity index (χ2n) is 14.3. The maximum absolute atomic E-state index is 18.0. The standard InChI is InChI=1S/C48H36F2S/c1-3-51-47-38(29-15-4-5-16-29)26-30-27-39(48(50)25-13-24-40(48)49)45(43-35-20-9-6-17-31(35)32-18-7-10-21-36(32)43)46(42(30)47)44-37-22-11-8-19-33(37)34-23-12-14-28(2)41(34)44/h4-15,17-27,43-44,47H,3,16H2,1-2H3. The number of hydrogen-bond acceptors (Lipinski definition) is 1. The van der Waals surface area contributed by atoms with Gasteiger partial charge in [0.1, 0.15) is 5.83 Å². The van der Waals surface area contributed by atoms with Crippen LogP contribution in [0.15, 0.2) is 150 Å². The Labute approximate surface area is 302 Å². The number of aryl methyl sites for hydroxylation is 1. The van der Waals surface area contributed by atoms with Crippen LogP contribution in [0, 0.1) is 6.92 Å². The average molecular weight is 683 g/mol. The van der Waals surface area contributed by atoms with Crippen molar-refractivity contribution in [2.45, 2.75) is 43.0 Å². The molecule has 0 amide bonds. The van der Waals surface area contributed by atoms with Crippen LogP contribution in [0.3, 0.4) is 0 Å². The van der Waals surface area contributed by atoms with Crippen molar-refractivity contribution in [3.8, 4) is 22.3 Å². The summed E-state index contributed by atoms with van der Waals surface area (Å²) in [6.45, 7) is 4.43. The number of benzene rings is 5. The molecule has 0 bridgehead atoms. The Morgan fingerprint density at radius 1 is 0.706 bits per heavy atom. The lowest BCUT2D eigenvalue weighted by Crippen LogP contribution is -2.24. The highest BCUT2D eigenvalue weighted by Crippen LogP contribution is 2.62. The van der Waals surface area contributed by atoms with Crippen LogP contribution in [0.5, 0.6) is 0 Å². The van der Waals surface area contributed by atoms with Gasteiger partial charge in [-0.25, -0.2) is 8.78 Å². The van der Waals surface area contributed by atoms with Crippen molar-refractivity contribution in [1.82, 2.24) is 0 Å². The van der Waals surface area contributed by atoms with E-state index in [-0.39, 0.29) is 17.1 Å². The first-order chi connectivity index (χ1) is 25.0. The van der Waals surface area contributed by atoms with Gasteiger partial charge in [0.15, 0.2) is 0 Å². The van der Waals surface area contributed by atoms with Crippen molar-refractivity contribution in [2.24, 2.45) is 0 Å². The molecule has 0 saturated carbocycles. The summed E-state index contributed by atoms with van der Waals surface area (Å²) in [4.78, 5) is 0. The summed E-state index contributed by atoms with van der Waals surface area (Å²) < 4.78 is 34.2. The van der Waals surface area contributed by atoms with Crippen molar-refractivity contribution in [2.75, 3.05) is 5.75 Å². The van der Waals surface area contributed by atoms with E-state index < -0.39 is 11.5 Å². The van der Waals surface area contributed by atoms with Gasteiger partial charge in [-0.05, 0) is 127 Å². The Balaban J connectivity index is 1.39. The first-order valence-corrected chi connectivity index (χ1v) is 19.1. The SMILES string of the molecule is CCSC1C(C2=CC=CC2)=Cc2cc(C3(F)C=CC=C3F)c(C3c4ccccc4-c4ccccc43)c(C3c4ccccc4-c4cccc(C)c43)c21. The maximum atomic E-state index is 18.0. The van der Waals surface area contributed by atoms with Crippen LogP contribution in [0.4, 0.5) is 8.78 Å². The molecule has 3 unspecified atom stereocenters. The van der Waals surface area contributed by atoms with E-state index in [1.54, 1.807) is 6.08 Å². The molecule has 3 heteroatoms. The zero-order valence-corrected chi connectivity index (χ0v) is 29.4. The first-order valence-electron chi connectivity index (χ1n) is 18.0. The van der Waals surface area contributed by atoms with Gasteiger partial charge in [-0.15, -0.1) is 11.8 Å². The third kappa shape index (κ3) is 4.31. The number of hydrogen-bond donors (Lipinski definition) is 0. The third-order valence-electron chi connectivity index (χ3n) is 11.7. The molecule has 0 spiro atoms. The number of alkyl halides is 1. The van der Waals surface area contributed by atoms with Gasteiger partial charge in [0.2, 0.25) is 5.67 Å². The molecule has 0 aliphatic heterocycles. The Morgan fingerprint density at radius 3 is 1.98 bits per heavy atom. The third-order valence-corrected chi connectivity index (χ3v) is 12.9. The summed E-state index contributed by atoms with van der Waals surface area (Å²) in [6, 6.07) is 34.4. The Kier molecular flexibility index (Phi) is 6.95. The van der Waals surface area contributed by atoms with Crippen LogP contribution in [0.1, 0.15) is 86.1 Å². The average Bonchev–Trinajstić information content (AvgIpc) is 3.98. The molecule has 51 heavy (non-hydrogen) atoms. The molecule has 3 atom stereocenters. The Hall–Kier alpha value is -4.99. The van der Waals surface area contributed by atoms with E-state index in [9.17, 15) is 0 Å². The molecule has 0 N–H and O–H groups in total. The summed E-state index contributed by atoms with van der Waals surface area (Å²) in [6.07, 6.45) is 14.0. The number of fused-ring (bicyclic) bond motifs is 7. The van der Waals surface area contributed by atoms with Gasteiger partial charge < -0.3 is 0 Å². The number of halogens is 2. The molecule has 0 fully saturated rings. The minimum atomic E-state index is -2.39. The van der Waals surface area contributed by atoms with E-state index in [4.69, 9.17) is 0 Å². The molecule has 5 aliphatic rings. The zero-order valence-electron chi connectivity index (χ0n) is 28.6. The van der Waals surface area contributed by atoms with Gasteiger partial charge >= 0.3 is 0 Å². The van der Waals surface area contributed by atoms with Crippen LogP contribution in [-0.2, 0) is 5.67 Å². The van der Waals surface area contributed by atoms with E-state index in [0.717, 1.165) is 51.1 Å². The van der Waals surface area contributed by atoms with Gasteiger partial charge in [0.25, 0.3) is 0 Å². The number of thioether (sulfide) groups is 1. The molecule has 0 aromatic heterocycles. The highest BCUT2D eigenvalue weighted by atomic mass is 32.2. The van der Waals surface area contributed by atoms with Crippen molar-refractivity contribution < 1.29 is 8.78 Å². The van der Waals surface area contributed by atoms with Crippen LogP contribution in [0.2, 0.25) is 0 Å². The van der Waals surface area contributed by atoms with Gasteiger partial charge in [-0.3, -0.25) is 0 Å². The molecule has 5 aromatic rings. The minimum absolute atomic E-state index is 0.0566. The fourth-order valence-corrected chi connectivity index (χ4v) is 10.8. The van der Waals surface area contributed by atoms with Crippen molar-refractivity contribution in [3.05, 3.63) is 206 Å². The van der Waals surface area contributed by atoms with E-state index in [1.165, 1.54) is 56.7 Å². The lowest BCUT2D eigenvalue weighted by atomic mass is 9.71. The van der Waals surface area contributed by atoms with Crippen LogP contribution in [0.25, 0.3) is 28.3 Å². The minimum Gasteiger partial charge on any atom is -0.226 e. The molecule has 248 valence electrons. The maximum Gasteiger partial charge on any atom is 0.205 e.